The Bertz CT molecular complexity index is 390. The fraction of sp³-hybridized carbons (Fsp3) is 0.111. The molecule has 0 saturated carbocycles. The van der Waals surface area contributed by atoms with E-state index in [1.54, 1.807) is 0 Å². The lowest BCUT2D eigenvalue weighted by Gasteiger charge is -1.99. The molecule has 0 heterocycles. The van der Waals surface area contributed by atoms with E-state index in [0.29, 0.717) is 0 Å². The fourth-order valence-corrected chi connectivity index (χ4v) is 1.09. The maximum Gasteiger partial charge on any atom is 0.311 e. The summed E-state index contributed by atoms with van der Waals surface area (Å²) in [7, 11) is 0. The Labute approximate surface area is 84.1 Å². The molecule has 74 valence electrons. The van der Waals surface area contributed by atoms with Crippen molar-refractivity contribution in [2.45, 2.75) is 6.42 Å². The number of rotatable bonds is 3. The molecule has 0 atom stereocenters. The summed E-state index contributed by atoms with van der Waals surface area (Å²) in [4.78, 5) is 21.4. The summed E-state index contributed by atoms with van der Waals surface area (Å²) in [6, 6.07) is 3.34. The summed E-state index contributed by atoms with van der Waals surface area (Å²) in [5.41, 5.74) is 0.0961. The molecule has 0 saturated heterocycles. The van der Waals surface area contributed by atoms with Gasteiger partial charge in [-0.05, 0) is 18.2 Å². The van der Waals surface area contributed by atoms with E-state index >= 15 is 0 Å². The van der Waals surface area contributed by atoms with Crippen LogP contribution in [-0.4, -0.2) is 16.9 Å². The third kappa shape index (κ3) is 2.53. The van der Waals surface area contributed by atoms with Crippen LogP contribution in [0.4, 0.5) is 4.39 Å². The number of Topliss-reactive ketones (excluding diaryl/α,β-unsaturated/α-hetero) is 1. The molecule has 1 aromatic carbocycles. The van der Waals surface area contributed by atoms with Crippen LogP contribution in [0.3, 0.4) is 0 Å². The number of hydrogen-bond donors (Lipinski definition) is 1. The number of hydrogen-bond acceptors (Lipinski definition) is 2. The molecule has 0 aliphatic carbocycles. The summed E-state index contributed by atoms with van der Waals surface area (Å²) in [6.45, 7) is 0. The predicted molar refractivity (Wildman–Crippen MR) is 48.0 cm³/mol. The molecule has 0 bridgehead atoms. The second-order valence-electron chi connectivity index (χ2n) is 2.62. The lowest BCUT2D eigenvalue weighted by Crippen LogP contribution is -2.06. The first-order valence-corrected chi connectivity index (χ1v) is 4.08. The van der Waals surface area contributed by atoms with Crippen LogP contribution in [0.25, 0.3) is 0 Å². The van der Waals surface area contributed by atoms with E-state index in [2.05, 4.69) is 0 Å². The Hall–Kier alpha value is -1.42. The third-order valence-electron chi connectivity index (χ3n) is 1.55. The topological polar surface area (TPSA) is 54.4 Å². The largest absolute Gasteiger partial charge is 0.481 e. The highest BCUT2D eigenvalue weighted by Gasteiger charge is 2.12. The molecular formula is C9H6ClFO3. The number of halogens is 2. The zero-order valence-electron chi connectivity index (χ0n) is 6.96. The van der Waals surface area contributed by atoms with Crippen LogP contribution < -0.4 is 0 Å². The Morgan fingerprint density at radius 1 is 1.43 bits per heavy atom. The number of aliphatic carboxylic acids is 1. The molecule has 0 amide bonds. The first-order valence-electron chi connectivity index (χ1n) is 3.70. The van der Waals surface area contributed by atoms with E-state index in [4.69, 9.17) is 16.7 Å². The smallest absolute Gasteiger partial charge is 0.311 e. The molecular weight excluding hydrogens is 211 g/mol. The molecule has 0 radical (unpaired) electrons. The fourth-order valence-electron chi connectivity index (χ4n) is 0.909. The van der Waals surface area contributed by atoms with Crippen molar-refractivity contribution in [2.24, 2.45) is 0 Å². The van der Waals surface area contributed by atoms with Gasteiger partial charge in [0.1, 0.15) is 12.2 Å². The van der Waals surface area contributed by atoms with E-state index in [9.17, 15) is 14.0 Å². The van der Waals surface area contributed by atoms with Gasteiger partial charge in [0.25, 0.3) is 0 Å². The van der Waals surface area contributed by atoms with Crippen molar-refractivity contribution in [2.75, 3.05) is 0 Å². The van der Waals surface area contributed by atoms with Gasteiger partial charge in [-0.1, -0.05) is 11.6 Å². The predicted octanol–water partition coefficient (Wildman–Crippen LogP) is 2.14. The SMILES string of the molecule is O=C(O)CC(=O)c1ccc(F)c(Cl)c1. The van der Waals surface area contributed by atoms with Crippen molar-refractivity contribution in [1.82, 2.24) is 0 Å². The molecule has 1 aromatic rings. The normalized spacial score (nSPS) is 9.86. The van der Waals surface area contributed by atoms with Gasteiger partial charge in [-0.15, -0.1) is 0 Å². The maximum atomic E-state index is 12.7. The molecule has 0 spiro atoms. The summed E-state index contributed by atoms with van der Waals surface area (Å²) >= 11 is 5.42. The van der Waals surface area contributed by atoms with Gasteiger partial charge in [0.05, 0.1) is 5.02 Å². The van der Waals surface area contributed by atoms with Crippen molar-refractivity contribution >= 4 is 23.4 Å². The van der Waals surface area contributed by atoms with E-state index in [1.165, 1.54) is 6.07 Å². The van der Waals surface area contributed by atoms with Crippen molar-refractivity contribution < 1.29 is 19.1 Å². The van der Waals surface area contributed by atoms with Crippen molar-refractivity contribution in [3.63, 3.8) is 0 Å². The van der Waals surface area contributed by atoms with Gasteiger partial charge in [-0.2, -0.15) is 0 Å². The molecule has 0 aliphatic rings. The summed E-state index contributed by atoms with van der Waals surface area (Å²) in [5.74, 6) is -2.46. The summed E-state index contributed by atoms with van der Waals surface area (Å²) < 4.78 is 12.7. The second kappa shape index (κ2) is 4.19. The number of ketones is 1. The van der Waals surface area contributed by atoms with Crippen molar-refractivity contribution in [3.8, 4) is 0 Å². The Morgan fingerprint density at radius 2 is 2.07 bits per heavy atom. The Morgan fingerprint density at radius 3 is 2.57 bits per heavy atom. The van der Waals surface area contributed by atoms with Crippen LogP contribution in [0.2, 0.25) is 5.02 Å². The van der Waals surface area contributed by atoms with E-state index in [1.807, 2.05) is 0 Å². The highest BCUT2D eigenvalue weighted by atomic mass is 35.5. The van der Waals surface area contributed by atoms with Gasteiger partial charge < -0.3 is 5.11 Å². The van der Waals surface area contributed by atoms with Crippen molar-refractivity contribution in [3.05, 3.63) is 34.6 Å². The zero-order valence-corrected chi connectivity index (χ0v) is 7.71. The quantitative estimate of drug-likeness (QED) is 0.622. The molecule has 5 heteroatoms. The number of carboxylic acid groups (broad SMARTS) is 1. The Balaban J connectivity index is 2.91. The highest BCUT2D eigenvalue weighted by Crippen LogP contribution is 2.16. The molecule has 1 rings (SSSR count). The highest BCUT2D eigenvalue weighted by molar-refractivity contribution is 6.31. The number of carbonyl (C=O) groups is 2. The minimum Gasteiger partial charge on any atom is -0.481 e. The first-order chi connectivity index (χ1) is 6.50. The number of carboxylic acids is 1. The lowest BCUT2D eigenvalue weighted by atomic mass is 10.1. The van der Waals surface area contributed by atoms with Crippen LogP contribution in [0.1, 0.15) is 16.8 Å². The first kappa shape index (κ1) is 10.7. The van der Waals surface area contributed by atoms with Gasteiger partial charge >= 0.3 is 5.97 Å². The van der Waals surface area contributed by atoms with Crippen LogP contribution in [-0.2, 0) is 4.79 Å². The molecule has 0 aliphatic heterocycles. The van der Waals surface area contributed by atoms with Gasteiger partial charge in [-0.3, -0.25) is 9.59 Å². The number of carbonyl (C=O) groups excluding carboxylic acids is 1. The van der Waals surface area contributed by atoms with Gasteiger partial charge in [0.2, 0.25) is 0 Å². The molecule has 3 nitrogen and oxygen atoms in total. The average molecular weight is 217 g/mol. The van der Waals surface area contributed by atoms with E-state index in [0.717, 1.165) is 12.1 Å². The number of benzene rings is 1. The zero-order chi connectivity index (χ0) is 10.7. The van der Waals surface area contributed by atoms with Crippen molar-refractivity contribution in [1.29, 1.82) is 0 Å². The standard InChI is InChI=1S/C9H6ClFO3/c10-6-3-5(1-2-7(6)11)8(12)4-9(13)14/h1-3H,4H2,(H,13,14). The van der Waals surface area contributed by atoms with Crippen LogP contribution >= 0.6 is 11.6 Å². The Kier molecular flexibility index (Phi) is 3.19. The monoisotopic (exact) mass is 216 g/mol. The average Bonchev–Trinajstić information content (AvgIpc) is 2.08. The van der Waals surface area contributed by atoms with E-state index in [-0.39, 0.29) is 10.6 Å². The van der Waals surface area contributed by atoms with Crippen LogP contribution in [0, 0.1) is 5.82 Å². The van der Waals surface area contributed by atoms with E-state index < -0.39 is 24.0 Å². The summed E-state index contributed by atoms with van der Waals surface area (Å²) in [6.07, 6.45) is -0.623. The third-order valence-corrected chi connectivity index (χ3v) is 1.84. The second-order valence-corrected chi connectivity index (χ2v) is 3.03. The summed E-state index contributed by atoms with van der Waals surface area (Å²) in [5, 5.41) is 8.15. The molecule has 14 heavy (non-hydrogen) atoms. The lowest BCUT2D eigenvalue weighted by molar-refractivity contribution is -0.135. The minimum absolute atomic E-state index is 0.0961. The van der Waals surface area contributed by atoms with Gasteiger partial charge in [-0.25, -0.2) is 4.39 Å². The van der Waals surface area contributed by atoms with Crippen LogP contribution in [0.5, 0.6) is 0 Å². The van der Waals surface area contributed by atoms with Crippen LogP contribution in [0.15, 0.2) is 18.2 Å². The molecule has 0 fully saturated rings. The van der Waals surface area contributed by atoms with Gasteiger partial charge in [0.15, 0.2) is 5.78 Å². The maximum absolute atomic E-state index is 12.7. The minimum atomic E-state index is -1.23. The van der Waals surface area contributed by atoms with Gasteiger partial charge in [0, 0.05) is 5.56 Å². The molecule has 0 aromatic heterocycles. The molecule has 0 unspecified atom stereocenters. The molecule has 1 N–H and O–H groups in total.